The standard InChI is InChI=1S/C23H34O4/c1-2-3-4-5-12-15-18-22(25)21(20-24)17-14-11-9-7-6-8-10-13-16-19-23(26)27/h3-4,6-7,9-15,17,21-22,24-25H,2,5,8,16,18-20H2,1H3,(H,26,27)/b4-3-,7-6-,11-9+,13-10-,15-12-,17-14-. The number of aliphatic hydroxyl groups excluding tert-OH is 2. The molecule has 0 aromatic rings. The quantitative estimate of drug-likeness (QED) is 0.286. The van der Waals surface area contributed by atoms with Crippen LogP contribution in [0, 0.1) is 5.92 Å². The number of allylic oxidation sites excluding steroid dienone is 10. The summed E-state index contributed by atoms with van der Waals surface area (Å²) in [5.41, 5.74) is 0. The van der Waals surface area contributed by atoms with Gasteiger partial charge in [-0.3, -0.25) is 4.79 Å². The van der Waals surface area contributed by atoms with Crippen molar-refractivity contribution in [2.45, 2.75) is 51.6 Å². The minimum Gasteiger partial charge on any atom is -0.481 e. The van der Waals surface area contributed by atoms with Crippen molar-refractivity contribution in [3.8, 4) is 0 Å². The van der Waals surface area contributed by atoms with Crippen LogP contribution in [0.1, 0.15) is 45.4 Å². The highest BCUT2D eigenvalue weighted by molar-refractivity contribution is 5.66. The number of aliphatic carboxylic acids is 1. The van der Waals surface area contributed by atoms with E-state index < -0.39 is 12.1 Å². The van der Waals surface area contributed by atoms with E-state index in [4.69, 9.17) is 5.11 Å². The molecule has 0 fully saturated rings. The summed E-state index contributed by atoms with van der Waals surface area (Å²) in [6.45, 7) is 2.00. The van der Waals surface area contributed by atoms with Gasteiger partial charge >= 0.3 is 5.97 Å². The molecular formula is C23H34O4. The number of hydrogen-bond donors (Lipinski definition) is 3. The summed E-state index contributed by atoms with van der Waals surface area (Å²) in [5, 5.41) is 28.1. The molecule has 0 aliphatic heterocycles. The van der Waals surface area contributed by atoms with E-state index in [1.54, 1.807) is 0 Å². The highest BCUT2D eigenvalue weighted by atomic mass is 16.4. The Morgan fingerprint density at radius 2 is 1.56 bits per heavy atom. The molecule has 2 unspecified atom stereocenters. The van der Waals surface area contributed by atoms with E-state index >= 15 is 0 Å². The summed E-state index contributed by atoms with van der Waals surface area (Å²) in [7, 11) is 0. The largest absolute Gasteiger partial charge is 0.481 e. The van der Waals surface area contributed by atoms with Gasteiger partial charge in [0.1, 0.15) is 0 Å². The van der Waals surface area contributed by atoms with Crippen molar-refractivity contribution in [1.29, 1.82) is 0 Å². The first-order valence-corrected chi connectivity index (χ1v) is 9.57. The number of aliphatic hydroxyl groups is 2. The van der Waals surface area contributed by atoms with Gasteiger partial charge in [0.15, 0.2) is 0 Å². The van der Waals surface area contributed by atoms with Gasteiger partial charge in [-0.25, -0.2) is 0 Å². The van der Waals surface area contributed by atoms with Crippen LogP contribution in [0.3, 0.4) is 0 Å². The van der Waals surface area contributed by atoms with E-state index in [0.29, 0.717) is 12.8 Å². The lowest BCUT2D eigenvalue weighted by atomic mass is 9.99. The molecule has 0 amide bonds. The zero-order chi connectivity index (χ0) is 20.2. The number of hydrogen-bond acceptors (Lipinski definition) is 3. The van der Waals surface area contributed by atoms with Crippen LogP contribution in [0.25, 0.3) is 0 Å². The van der Waals surface area contributed by atoms with Crippen molar-refractivity contribution >= 4 is 5.97 Å². The molecule has 4 heteroatoms. The summed E-state index contributed by atoms with van der Waals surface area (Å²) in [6, 6.07) is 0. The lowest BCUT2D eigenvalue weighted by Gasteiger charge is -2.15. The number of carboxylic acids is 1. The topological polar surface area (TPSA) is 77.8 Å². The minimum absolute atomic E-state index is 0.0912. The molecular weight excluding hydrogens is 340 g/mol. The molecule has 0 aromatic heterocycles. The summed E-state index contributed by atoms with van der Waals surface area (Å²) < 4.78 is 0. The SMILES string of the molecule is CC/C=C\C/C=C\CC(O)C(\C=C/C=C/C=C\C/C=C\CCC(=O)O)CO. The van der Waals surface area contributed by atoms with Gasteiger partial charge in [-0.2, -0.15) is 0 Å². The first-order valence-electron chi connectivity index (χ1n) is 9.57. The molecule has 3 N–H and O–H groups in total. The predicted octanol–water partition coefficient (Wildman–Crippen LogP) is 4.74. The van der Waals surface area contributed by atoms with Crippen molar-refractivity contribution < 1.29 is 20.1 Å². The molecule has 150 valence electrons. The molecule has 0 spiro atoms. The Labute approximate surface area is 163 Å². The molecule has 0 aromatic carbocycles. The zero-order valence-corrected chi connectivity index (χ0v) is 16.3. The summed E-state index contributed by atoms with van der Waals surface area (Å²) in [6.07, 6.45) is 26.5. The molecule has 0 heterocycles. The lowest BCUT2D eigenvalue weighted by molar-refractivity contribution is -0.136. The summed E-state index contributed by atoms with van der Waals surface area (Å²) in [4.78, 5) is 10.3. The lowest BCUT2D eigenvalue weighted by Crippen LogP contribution is -2.21. The second-order valence-corrected chi connectivity index (χ2v) is 6.07. The van der Waals surface area contributed by atoms with Crippen molar-refractivity contribution in [2.24, 2.45) is 5.92 Å². The summed E-state index contributed by atoms with van der Waals surface area (Å²) >= 11 is 0. The number of carbonyl (C=O) groups is 1. The van der Waals surface area contributed by atoms with E-state index in [2.05, 4.69) is 19.1 Å². The second kappa shape index (κ2) is 18.6. The Morgan fingerprint density at radius 1 is 0.889 bits per heavy atom. The maximum absolute atomic E-state index is 10.3. The first kappa shape index (κ1) is 24.8. The zero-order valence-electron chi connectivity index (χ0n) is 16.3. The fraction of sp³-hybridized carbons (Fsp3) is 0.435. The van der Waals surface area contributed by atoms with Crippen molar-refractivity contribution in [2.75, 3.05) is 6.61 Å². The van der Waals surface area contributed by atoms with Crippen molar-refractivity contribution in [1.82, 2.24) is 0 Å². The highest BCUT2D eigenvalue weighted by Crippen LogP contribution is 2.10. The molecule has 0 rings (SSSR count). The Bertz CT molecular complexity index is 539. The van der Waals surface area contributed by atoms with Gasteiger partial charge in [0.25, 0.3) is 0 Å². The average Bonchev–Trinajstić information content (AvgIpc) is 2.65. The number of carboxylic acid groups (broad SMARTS) is 1. The molecule has 0 saturated carbocycles. The van der Waals surface area contributed by atoms with Gasteiger partial charge in [0.05, 0.1) is 12.7 Å². The Balaban J connectivity index is 4.09. The first-order chi connectivity index (χ1) is 13.1. The second-order valence-electron chi connectivity index (χ2n) is 6.07. The molecule has 0 saturated heterocycles. The fourth-order valence-electron chi connectivity index (χ4n) is 2.15. The predicted molar refractivity (Wildman–Crippen MR) is 112 cm³/mol. The third kappa shape index (κ3) is 17.0. The van der Waals surface area contributed by atoms with Gasteiger partial charge in [0.2, 0.25) is 0 Å². The van der Waals surface area contributed by atoms with Crippen LogP contribution in [0.2, 0.25) is 0 Å². The molecule has 0 aliphatic rings. The van der Waals surface area contributed by atoms with E-state index in [1.807, 2.05) is 60.8 Å². The van der Waals surface area contributed by atoms with E-state index in [9.17, 15) is 15.0 Å². The van der Waals surface area contributed by atoms with Gasteiger partial charge in [-0.05, 0) is 32.1 Å². The molecule has 0 bridgehead atoms. The van der Waals surface area contributed by atoms with Crippen LogP contribution in [0.5, 0.6) is 0 Å². The maximum atomic E-state index is 10.3. The van der Waals surface area contributed by atoms with Crippen LogP contribution in [-0.2, 0) is 4.79 Å². The monoisotopic (exact) mass is 374 g/mol. The van der Waals surface area contributed by atoms with Crippen LogP contribution in [0.15, 0.2) is 72.9 Å². The van der Waals surface area contributed by atoms with Crippen molar-refractivity contribution in [3.63, 3.8) is 0 Å². The number of rotatable bonds is 15. The van der Waals surface area contributed by atoms with E-state index in [0.717, 1.165) is 19.3 Å². The van der Waals surface area contributed by atoms with Gasteiger partial charge in [-0.15, -0.1) is 0 Å². The normalized spacial score (nSPS) is 15.4. The summed E-state index contributed by atoms with van der Waals surface area (Å²) in [5.74, 6) is -1.07. The van der Waals surface area contributed by atoms with Crippen LogP contribution < -0.4 is 0 Å². The van der Waals surface area contributed by atoms with Crippen LogP contribution in [0.4, 0.5) is 0 Å². The van der Waals surface area contributed by atoms with Gasteiger partial charge in [0, 0.05) is 12.3 Å². The average molecular weight is 375 g/mol. The molecule has 2 atom stereocenters. The molecule has 0 aliphatic carbocycles. The Morgan fingerprint density at radius 3 is 2.26 bits per heavy atom. The van der Waals surface area contributed by atoms with Crippen LogP contribution >= 0.6 is 0 Å². The fourth-order valence-corrected chi connectivity index (χ4v) is 2.15. The molecule has 27 heavy (non-hydrogen) atoms. The van der Waals surface area contributed by atoms with Crippen LogP contribution in [-0.4, -0.2) is 34.0 Å². The molecule has 0 radical (unpaired) electrons. The highest BCUT2D eigenvalue weighted by Gasteiger charge is 2.13. The Kier molecular flexibility index (Phi) is 17.1. The smallest absolute Gasteiger partial charge is 0.303 e. The molecule has 4 nitrogen and oxygen atoms in total. The van der Waals surface area contributed by atoms with Crippen molar-refractivity contribution in [3.05, 3.63) is 72.9 Å². The third-order valence-corrected chi connectivity index (χ3v) is 3.72. The van der Waals surface area contributed by atoms with E-state index in [1.165, 1.54) is 0 Å². The minimum atomic E-state index is -0.781. The Hall–Kier alpha value is -2.17. The van der Waals surface area contributed by atoms with Gasteiger partial charge < -0.3 is 15.3 Å². The van der Waals surface area contributed by atoms with Gasteiger partial charge in [-0.1, -0.05) is 79.8 Å². The maximum Gasteiger partial charge on any atom is 0.303 e. The van der Waals surface area contributed by atoms with E-state index in [-0.39, 0.29) is 18.9 Å². The third-order valence-electron chi connectivity index (χ3n) is 3.72.